The summed E-state index contributed by atoms with van der Waals surface area (Å²) in [5.74, 6) is -0.951. The largest absolute Gasteiger partial charge is 0.480 e. The third-order valence-electron chi connectivity index (χ3n) is 4.68. The number of nitrogens with zero attached hydrogens (tertiary/aromatic N) is 3. The van der Waals surface area contributed by atoms with Crippen LogP contribution < -0.4 is 10.2 Å². The van der Waals surface area contributed by atoms with E-state index in [1.54, 1.807) is 12.4 Å². The molecule has 0 bridgehead atoms. The van der Waals surface area contributed by atoms with Crippen molar-refractivity contribution in [3.8, 4) is 0 Å². The Labute approximate surface area is 135 Å². The van der Waals surface area contributed by atoms with Gasteiger partial charge in [-0.3, -0.25) is 4.98 Å². The summed E-state index contributed by atoms with van der Waals surface area (Å²) in [6.07, 6.45) is 6.58. The number of nitrogens with one attached hydrogen (secondary N) is 1. The first kappa shape index (κ1) is 15.6. The van der Waals surface area contributed by atoms with E-state index in [0.717, 1.165) is 38.0 Å². The maximum absolute atomic E-state index is 12.3. The average molecular weight is 318 g/mol. The van der Waals surface area contributed by atoms with Crippen LogP contribution in [0.5, 0.6) is 0 Å². The zero-order valence-electron chi connectivity index (χ0n) is 13.0. The molecular weight excluding hydrogens is 296 g/mol. The standard InChI is InChI=1S/C16H22N4O3/c21-15(22)14-2-1-9-20(16(23)18-14)13-5-10-19(11-6-13)12-3-7-17-8-4-12/h3-4,7-8,13-14H,1-2,5-6,9-11H2,(H,18,23)(H,21,22)/t14-/m0/s1. The number of carboxylic acids is 1. The molecular formula is C16H22N4O3. The minimum absolute atomic E-state index is 0.181. The molecule has 0 radical (unpaired) electrons. The van der Waals surface area contributed by atoms with Gasteiger partial charge >= 0.3 is 12.0 Å². The molecule has 23 heavy (non-hydrogen) atoms. The van der Waals surface area contributed by atoms with Gasteiger partial charge in [-0.1, -0.05) is 0 Å². The van der Waals surface area contributed by atoms with Gasteiger partial charge in [0.15, 0.2) is 0 Å². The Morgan fingerprint density at radius 3 is 2.52 bits per heavy atom. The number of piperidine rings is 1. The normalized spacial score (nSPS) is 23.3. The number of urea groups is 1. The van der Waals surface area contributed by atoms with Crippen molar-refractivity contribution in [1.82, 2.24) is 15.2 Å². The van der Waals surface area contributed by atoms with Gasteiger partial charge in [-0.2, -0.15) is 0 Å². The molecule has 2 amide bonds. The van der Waals surface area contributed by atoms with E-state index in [-0.39, 0.29) is 12.1 Å². The van der Waals surface area contributed by atoms with Gasteiger partial charge in [-0.05, 0) is 37.8 Å². The van der Waals surface area contributed by atoms with Crippen molar-refractivity contribution in [2.45, 2.75) is 37.8 Å². The van der Waals surface area contributed by atoms with Gasteiger partial charge in [0.05, 0.1) is 0 Å². The molecule has 0 saturated carbocycles. The fraction of sp³-hybridized carbons (Fsp3) is 0.562. The predicted molar refractivity (Wildman–Crippen MR) is 85.4 cm³/mol. The fourth-order valence-corrected chi connectivity index (χ4v) is 3.40. The monoisotopic (exact) mass is 318 g/mol. The molecule has 2 aliphatic heterocycles. The van der Waals surface area contributed by atoms with Gasteiger partial charge in [-0.15, -0.1) is 0 Å². The van der Waals surface area contributed by atoms with Crippen LogP contribution in [0.2, 0.25) is 0 Å². The lowest BCUT2D eigenvalue weighted by Crippen LogP contribution is -2.52. The first-order valence-electron chi connectivity index (χ1n) is 8.10. The number of pyridine rings is 1. The number of aliphatic carboxylic acids is 1. The van der Waals surface area contributed by atoms with Crippen LogP contribution in [0.15, 0.2) is 24.5 Å². The molecule has 2 aliphatic rings. The zero-order valence-corrected chi connectivity index (χ0v) is 13.0. The summed E-state index contributed by atoms with van der Waals surface area (Å²) in [5.41, 5.74) is 1.16. The van der Waals surface area contributed by atoms with Crippen molar-refractivity contribution in [1.29, 1.82) is 0 Å². The number of aromatic nitrogens is 1. The topological polar surface area (TPSA) is 85.8 Å². The average Bonchev–Trinajstić information content (AvgIpc) is 2.78. The SMILES string of the molecule is O=C(O)[C@@H]1CCCN(C2CCN(c3ccncc3)CC2)C(=O)N1. The Balaban J connectivity index is 1.59. The molecule has 1 atom stereocenters. The molecule has 7 heteroatoms. The van der Waals surface area contributed by atoms with Crippen LogP contribution in [0.3, 0.4) is 0 Å². The number of hydrogen-bond donors (Lipinski definition) is 2. The summed E-state index contributed by atoms with van der Waals surface area (Å²) in [6, 6.07) is 3.18. The van der Waals surface area contributed by atoms with E-state index in [1.165, 1.54) is 0 Å². The third kappa shape index (κ3) is 3.55. The number of amides is 2. The van der Waals surface area contributed by atoms with E-state index in [9.17, 15) is 9.59 Å². The highest BCUT2D eigenvalue weighted by atomic mass is 16.4. The summed E-state index contributed by atoms with van der Waals surface area (Å²) >= 11 is 0. The lowest BCUT2D eigenvalue weighted by molar-refractivity contribution is -0.139. The van der Waals surface area contributed by atoms with Crippen molar-refractivity contribution >= 4 is 17.7 Å². The summed E-state index contributed by atoms with van der Waals surface area (Å²) < 4.78 is 0. The van der Waals surface area contributed by atoms with E-state index in [4.69, 9.17) is 5.11 Å². The van der Waals surface area contributed by atoms with Gasteiger partial charge in [-0.25, -0.2) is 9.59 Å². The Kier molecular flexibility index (Phi) is 4.64. The number of hydrogen-bond acceptors (Lipinski definition) is 4. The van der Waals surface area contributed by atoms with E-state index >= 15 is 0 Å². The second kappa shape index (κ2) is 6.85. The molecule has 0 unspecified atom stereocenters. The zero-order chi connectivity index (χ0) is 16.2. The number of anilines is 1. The molecule has 2 N–H and O–H groups in total. The van der Waals surface area contributed by atoms with Gasteiger partial charge in [0.1, 0.15) is 6.04 Å². The number of carboxylic acid groups (broad SMARTS) is 1. The third-order valence-corrected chi connectivity index (χ3v) is 4.68. The predicted octanol–water partition coefficient (Wildman–Crippen LogP) is 1.31. The number of carbonyl (C=O) groups excluding carboxylic acids is 1. The minimum atomic E-state index is -0.951. The van der Waals surface area contributed by atoms with Gasteiger partial charge < -0.3 is 20.2 Å². The Bertz CT molecular complexity index is 558. The second-order valence-electron chi connectivity index (χ2n) is 6.10. The molecule has 2 saturated heterocycles. The van der Waals surface area contributed by atoms with Crippen molar-refractivity contribution < 1.29 is 14.7 Å². The molecule has 124 valence electrons. The summed E-state index contributed by atoms with van der Waals surface area (Å²) in [4.78, 5) is 31.6. The first-order chi connectivity index (χ1) is 11.1. The van der Waals surface area contributed by atoms with Gasteiger partial charge in [0, 0.05) is 43.8 Å². The molecule has 2 fully saturated rings. The van der Waals surface area contributed by atoms with Gasteiger partial charge in [0.2, 0.25) is 0 Å². The quantitative estimate of drug-likeness (QED) is 0.877. The van der Waals surface area contributed by atoms with Crippen molar-refractivity contribution in [3.63, 3.8) is 0 Å². The molecule has 0 aromatic carbocycles. The van der Waals surface area contributed by atoms with Crippen LogP contribution in [-0.4, -0.2) is 58.7 Å². The molecule has 1 aromatic heterocycles. The van der Waals surface area contributed by atoms with Crippen molar-refractivity contribution in [2.75, 3.05) is 24.5 Å². The highest BCUT2D eigenvalue weighted by Crippen LogP contribution is 2.23. The highest BCUT2D eigenvalue weighted by molar-refractivity contribution is 5.83. The summed E-state index contributed by atoms with van der Waals surface area (Å²) in [6.45, 7) is 2.41. The smallest absolute Gasteiger partial charge is 0.326 e. The summed E-state index contributed by atoms with van der Waals surface area (Å²) in [7, 11) is 0. The molecule has 0 spiro atoms. The molecule has 0 aliphatic carbocycles. The van der Waals surface area contributed by atoms with Crippen molar-refractivity contribution in [2.24, 2.45) is 0 Å². The maximum atomic E-state index is 12.3. The van der Waals surface area contributed by atoms with E-state index in [2.05, 4.69) is 15.2 Å². The lowest BCUT2D eigenvalue weighted by Gasteiger charge is -2.38. The van der Waals surface area contributed by atoms with Crippen LogP contribution in [0.1, 0.15) is 25.7 Å². The van der Waals surface area contributed by atoms with Crippen molar-refractivity contribution in [3.05, 3.63) is 24.5 Å². The first-order valence-corrected chi connectivity index (χ1v) is 8.10. The van der Waals surface area contributed by atoms with E-state index in [1.807, 2.05) is 17.0 Å². The fourth-order valence-electron chi connectivity index (χ4n) is 3.40. The van der Waals surface area contributed by atoms with Crippen LogP contribution >= 0.6 is 0 Å². The second-order valence-corrected chi connectivity index (χ2v) is 6.10. The molecule has 7 nitrogen and oxygen atoms in total. The number of rotatable bonds is 3. The van der Waals surface area contributed by atoms with Crippen LogP contribution in [0.25, 0.3) is 0 Å². The van der Waals surface area contributed by atoms with Gasteiger partial charge in [0.25, 0.3) is 0 Å². The van der Waals surface area contributed by atoms with Crippen LogP contribution in [-0.2, 0) is 4.79 Å². The van der Waals surface area contributed by atoms with Crippen LogP contribution in [0, 0.1) is 0 Å². The lowest BCUT2D eigenvalue weighted by atomic mass is 10.0. The Morgan fingerprint density at radius 2 is 1.87 bits per heavy atom. The van der Waals surface area contributed by atoms with E-state index < -0.39 is 12.0 Å². The van der Waals surface area contributed by atoms with E-state index in [0.29, 0.717) is 13.0 Å². The summed E-state index contributed by atoms with van der Waals surface area (Å²) in [5, 5.41) is 11.7. The Hall–Kier alpha value is -2.31. The molecule has 3 rings (SSSR count). The maximum Gasteiger partial charge on any atom is 0.326 e. The Morgan fingerprint density at radius 1 is 1.17 bits per heavy atom. The minimum Gasteiger partial charge on any atom is -0.480 e. The molecule has 3 heterocycles. The van der Waals surface area contributed by atoms with Crippen LogP contribution in [0.4, 0.5) is 10.5 Å². The number of carbonyl (C=O) groups is 2. The molecule has 1 aromatic rings. The highest BCUT2D eigenvalue weighted by Gasteiger charge is 2.32.